The van der Waals surface area contributed by atoms with Crippen molar-refractivity contribution in [1.82, 2.24) is 9.97 Å². The highest BCUT2D eigenvalue weighted by Crippen LogP contribution is 2.31. The van der Waals surface area contributed by atoms with Gasteiger partial charge in [-0.3, -0.25) is 4.79 Å². The Bertz CT molecular complexity index is 896. The first-order chi connectivity index (χ1) is 11.1. The van der Waals surface area contributed by atoms with Crippen LogP contribution in [0.4, 0.5) is 0 Å². The zero-order valence-electron chi connectivity index (χ0n) is 13.6. The molecule has 0 saturated carbocycles. The van der Waals surface area contributed by atoms with Crippen molar-refractivity contribution in [1.29, 1.82) is 0 Å². The van der Waals surface area contributed by atoms with Crippen LogP contribution in [0, 0.1) is 13.8 Å². The van der Waals surface area contributed by atoms with E-state index in [1.165, 1.54) is 22.5 Å². The molecule has 120 valence electrons. The number of aromatic nitrogens is 2. The van der Waals surface area contributed by atoms with E-state index in [0.29, 0.717) is 24.4 Å². The minimum absolute atomic E-state index is 0.0976. The van der Waals surface area contributed by atoms with Crippen LogP contribution in [-0.4, -0.2) is 16.6 Å². The van der Waals surface area contributed by atoms with Gasteiger partial charge in [0, 0.05) is 17.6 Å². The maximum atomic E-state index is 12.5. The maximum Gasteiger partial charge on any atom is 0.260 e. The van der Waals surface area contributed by atoms with Crippen LogP contribution in [-0.2, 0) is 11.3 Å². The van der Waals surface area contributed by atoms with Crippen LogP contribution in [0.3, 0.4) is 0 Å². The average Bonchev–Trinajstić information content (AvgIpc) is 2.95. The summed E-state index contributed by atoms with van der Waals surface area (Å²) in [5, 5.41) is 2.67. The topological polar surface area (TPSA) is 55.0 Å². The second-order valence-electron chi connectivity index (χ2n) is 5.69. The fraction of sp³-hybridized carbons (Fsp3) is 0.333. The Hall–Kier alpha value is -1.98. The monoisotopic (exact) mass is 328 g/mol. The molecule has 0 spiro atoms. The number of H-pyrrole nitrogens is 1. The number of aromatic amines is 1. The van der Waals surface area contributed by atoms with E-state index in [1.54, 1.807) is 0 Å². The fourth-order valence-corrected chi connectivity index (χ4v) is 3.46. The summed E-state index contributed by atoms with van der Waals surface area (Å²) in [6.45, 7) is 7.23. The van der Waals surface area contributed by atoms with Gasteiger partial charge < -0.3 is 9.72 Å². The minimum Gasteiger partial charge on any atom is -0.374 e. The van der Waals surface area contributed by atoms with E-state index in [1.807, 2.05) is 5.38 Å². The predicted octanol–water partition coefficient (Wildman–Crippen LogP) is 4.20. The summed E-state index contributed by atoms with van der Waals surface area (Å²) >= 11 is 1.50. The first kappa shape index (κ1) is 15.9. The number of hydrogen-bond acceptors (Lipinski definition) is 4. The number of rotatable bonds is 5. The summed E-state index contributed by atoms with van der Waals surface area (Å²) in [5.41, 5.74) is 4.37. The molecule has 23 heavy (non-hydrogen) atoms. The quantitative estimate of drug-likeness (QED) is 0.714. The van der Waals surface area contributed by atoms with E-state index in [9.17, 15) is 4.79 Å². The Morgan fingerprint density at radius 1 is 1.26 bits per heavy atom. The molecule has 3 rings (SSSR count). The second-order valence-corrected chi connectivity index (χ2v) is 6.55. The van der Waals surface area contributed by atoms with Crippen molar-refractivity contribution < 1.29 is 4.74 Å². The van der Waals surface area contributed by atoms with Gasteiger partial charge in [0.05, 0.1) is 5.39 Å². The molecule has 0 aliphatic heterocycles. The third-order valence-corrected chi connectivity index (χ3v) is 4.77. The molecule has 0 amide bonds. The number of aryl methyl sites for hydroxylation is 2. The lowest BCUT2D eigenvalue weighted by atomic mass is 10.0. The molecule has 3 aromatic rings. The Balaban J connectivity index is 2.03. The summed E-state index contributed by atoms with van der Waals surface area (Å²) in [4.78, 5) is 20.6. The molecule has 1 aromatic carbocycles. The SMILES string of the molecule is CCCOCc1nc2scc(-c3ccc(C)c(C)c3)c2c(=O)[nH]1. The largest absolute Gasteiger partial charge is 0.374 e. The number of benzene rings is 1. The molecule has 0 aliphatic rings. The van der Waals surface area contributed by atoms with Crippen molar-refractivity contribution >= 4 is 21.6 Å². The third-order valence-electron chi connectivity index (χ3n) is 3.90. The number of nitrogens with one attached hydrogen (secondary N) is 1. The molecule has 0 aliphatic carbocycles. The molecular formula is C18H20N2O2S. The van der Waals surface area contributed by atoms with Crippen molar-refractivity contribution in [2.24, 2.45) is 0 Å². The summed E-state index contributed by atoms with van der Waals surface area (Å²) in [6.07, 6.45) is 0.947. The molecule has 4 nitrogen and oxygen atoms in total. The number of hydrogen-bond donors (Lipinski definition) is 1. The molecule has 5 heteroatoms. The number of ether oxygens (including phenoxy) is 1. The van der Waals surface area contributed by atoms with E-state index in [4.69, 9.17) is 4.74 Å². The summed E-state index contributed by atoms with van der Waals surface area (Å²) in [7, 11) is 0. The minimum atomic E-state index is -0.0976. The zero-order chi connectivity index (χ0) is 16.4. The van der Waals surface area contributed by atoms with Crippen LogP contribution in [0.25, 0.3) is 21.3 Å². The fourth-order valence-electron chi connectivity index (χ4n) is 2.50. The van der Waals surface area contributed by atoms with Gasteiger partial charge >= 0.3 is 0 Å². The van der Waals surface area contributed by atoms with Crippen LogP contribution in [0.1, 0.15) is 30.3 Å². The van der Waals surface area contributed by atoms with Crippen molar-refractivity contribution in [3.8, 4) is 11.1 Å². The Kier molecular flexibility index (Phi) is 4.59. The van der Waals surface area contributed by atoms with Crippen molar-refractivity contribution in [2.45, 2.75) is 33.8 Å². The normalized spacial score (nSPS) is 11.3. The van der Waals surface area contributed by atoms with Crippen LogP contribution >= 0.6 is 11.3 Å². The number of nitrogens with zero attached hydrogens (tertiary/aromatic N) is 1. The van der Waals surface area contributed by atoms with E-state index in [-0.39, 0.29) is 5.56 Å². The molecule has 0 atom stereocenters. The van der Waals surface area contributed by atoms with Crippen LogP contribution in [0.15, 0.2) is 28.4 Å². The Labute approximate surface area is 139 Å². The lowest BCUT2D eigenvalue weighted by Crippen LogP contribution is -2.12. The second kappa shape index (κ2) is 6.64. The first-order valence-corrected chi connectivity index (χ1v) is 8.64. The molecule has 1 N–H and O–H groups in total. The smallest absolute Gasteiger partial charge is 0.260 e. The summed E-state index contributed by atoms with van der Waals surface area (Å²) in [6, 6.07) is 6.26. The van der Waals surface area contributed by atoms with Gasteiger partial charge in [-0.1, -0.05) is 25.1 Å². The molecule has 0 radical (unpaired) electrons. The van der Waals surface area contributed by atoms with E-state index in [2.05, 4.69) is 48.9 Å². The van der Waals surface area contributed by atoms with Crippen molar-refractivity contribution in [3.05, 3.63) is 50.9 Å². The summed E-state index contributed by atoms with van der Waals surface area (Å²) < 4.78 is 5.47. The average molecular weight is 328 g/mol. The molecular weight excluding hydrogens is 308 g/mol. The zero-order valence-corrected chi connectivity index (χ0v) is 14.4. The van der Waals surface area contributed by atoms with E-state index in [0.717, 1.165) is 22.4 Å². The predicted molar refractivity (Wildman–Crippen MR) is 95.1 cm³/mol. The van der Waals surface area contributed by atoms with E-state index >= 15 is 0 Å². The van der Waals surface area contributed by atoms with Gasteiger partial charge in [0.2, 0.25) is 0 Å². The van der Waals surface area contributed by atoms with Gasteiger partial charge in [-0.2, -0.15) is 0 Å². The van der Waals surface area contributed by atoms with Crippen LogP contribution in [0.2, 0.25) is 0 Å². The Morgan fingerprint density at radius 3 is 2.83 bits per heavy atom. The number of thiophene rings is 1. The van der Waals surface area contributed by atoms with Crippen LogP contribution < -0.4 is 5.56 Å². The molecule has 0 unspecified atom stereocenters. The molecule has 0 bridgehead atoms. The lowest BCUT2D eigenvalue weighted by Gasteiger charge is -2.05. The van der Waals surface area contributed by atoms with E-state index < -0.39 is 0 Å². The Morgan fingerprint density at radius 2 is 2.09 bits per heavy atom. The molecule has 0 saturated heterocycles. The van der Waals surface area contributed by atoms with Gasteiger partial charge in [-0.25, -0.2) is 4.98 Å². The molecule has 0 fully saturated rings. The van der Waals surface area contributed by atoms with Crippen molar-refractivity contribution in [2.75, 3.05) is 6.61 Å². The highest BCUT2D eigenvalue weighted by Gasteiger charge is 2.13. The maximum absolute atomic E-state index is 12.5. The van der Waals surface area contributed by atoms with Gasteiger partial charge in [-0.05, 0) is 37.0 Å². The highest BCUT2D eigenvalue weighted by molar-refractivity contribution is 7.17. The third kappa shape index (κ3) is 3.21. The summed E-state index contributed by atoms with van der Waals surface area (Å²) in [5.74, 6) is 0.587. The lowest BCUT2D eigenvalue weighted by molar-refractivity contribution is 0.116. The molecule has 2 heterocycles. The van der Waals surface area contributed by atoms with Gasteiger partial charge in [0.25, 0.3) is 5.56 Å². The molecule has 2 aromatic heterocycles. The standard InChI is InChI=1S/C18H20N2O2S/c1-4-7-22-9-15-19-17(21)16-14(10-23-18(16)20-15)13-6-5-11(2)12(3)8-13/h5-6,8,10H,4,7,9H2,1-3H3,(H,19,20,21). The number of fused-ring (bicyclic) bond motifs is 1. The highest BCUT2D eigenvalue weighted by atomic mass is 32.1. The van der Waals surface area contributed by atoms with Gasteiger partial charge in [0.1, 0.15) is 17.3 Å². The van der Waals surface area contributed by atoms with Crippen molar-refractivity contribution in [3.63, 3.8) is 0 Å². The van der Waals surface area contributed by atoms with Gasteiger partial charge in [-0.15, -0.1) is 11.3 Å². The van der Waals surface area contributed by atoms with Crippen LogP contribution in [0.5, 0.6) is 0 Å². The van der Waals surface area contributed by atoms with Gasteiger partial charge in [0.15, 0.2) is 0 Å². The first-order valence-electron chi connectivity index (χ1n) is 7.76.